The molecule has 6 heteroatoms. The smallest absolute Gasteiger partial charge is 0.233 e. The van der Waals surface area contributed by atoms with Crippen molar-refractivity contribution in [3.63, 3.8) is 0 Å². The Bertz CT molecular complexity index is 575. The quantitative estimate of drug-likeness (QED) is 0.833. The van der Waals surface area contributed by atoms with Gasteiger partial charge in [0.05, 0.1) is 5.92 Å². The van der Waals surface area contributed by atoms with Crippen LogP contribution < -0.4 is 0 Å². The van der Waals surface area contributed by atoms with Crippen molar-refractivity contribution < 1.29 is 9.32 Å². The van der Waals surface area contributed by atoms with Gasteiger partial charge in [-0.3, -0.25) is 9.78 Å². The van der Waals surface area contributed by atoms with Gasteiger partial charge in [-0.2, -0.15) is 4.98 Å². The van der Waals surface area contributed by atoms with Crippen molar-refractivity contribution in [1.82, 2.24) is 20.0 Å². The van der Waals surface area contributed by atoms with E-state index < -0.39 is 0 Å². The van der Waals surface area contributed by atoms with E-state index >= 15 is 0 Å². The van der Waals surface area contributed by atoms with E-state index in [-0.39, 0.29) is 11.8 Å². The molecule has 0 saturated carbocycles. The molecule has 0 unspecified atom stereocenters. The third-order valence-corrected chi connectivity index (χ3v) is 3.27. The van der Waals surface area contributed by atoms with Gasteiger partial charge in [-0.15, -0.1) is 0 Å². The van der Waals surface area contributed by atoms with Gasteiger partial charge in [0.1, 0.15) is 0 Å². The predicted octanol–water partition coefficient (Wildman–Crippen LogP) is 1.47. The van der Waals surface area contributed by atoms with Gasteiger partial charge in [-0.1, -0.05) is 12.1 Å². The van der Waals surface area contributed by atoms with Gasteiger partial charge < -0.3 is 9.42 Å². The predicted molar refractivity (Wildman–Crippen MR) is 67.1 cm³/mol. The molecule has 0 aliphatic carbocycles. The second-order valence-corrected chi connectivity index (χ2v) is 4.54. The second-order valence-electron chi connectivity index (χ2n) is 4.54. The lowest BCUT2D eigenvalue weighted by molar-refractivity contribution is -0.135. The van der Waals surface area contributed by atoms with E-state index in [1.54, 1.807) is 17.3 Å². The first-order chi connectivity index (χ1) is 9.28. The number of amides is 1. The molecule has 1 saturated heterocycles. The Kier molecular flexibility index (Phi) is 2.98. The van der Waals surface area contributed by atoms with Crippen LogP contribution in [0.4, 0.5) is 0 Å². The topological polar surface area (TPSA) is 72.1 Å². The number of hydrogen-bond donors (Lipinski definition) is 0. The Balaban J connectivity index is 1.69. The first kappa shape index (κ1) is 11.8. The zero-order valence-electron chi connectivity index (χ0n) is 10.6. The van der Waals surface area contributed by atoms with Crippen LogP contribution in [-0.2, 0) is 4.79 Å². The number of hydrogen-bond acceptors (Lipinski definition) is 5. The summed E-state index contributed by atoms with van der Waals surface area (Å²) in [6.07, 6.45) is 3.92. The minimum Gasteiger partial charge on any atom is -0.341 e. The van der Waals surface area contributed by atoms with Gasteiger partial charge >= 0.3 is 0 Å². The van der Waals surface area contributed by atoms with E-state index in [9.17, 15) is 4.79 Å². The molecule has 1 aliphatic heterocycles. The average molecular weight is 258 g/mol. The Labute approximate surface area is 110 Å². The molecule has 0 radical (unpaired) electrons. The molecule has 6 nitrogen and oxygen atoms in total. The largest absolute Gasteiger partial charge is 0.341 e. The summed E-state index contributed by atoms with van der Waals surface area (Å²) in [7, 11) is 0. The summed E-state index contributed by atoms with van der Waals surface area (Å²) in [6.45, 7) is 3.21. The van der Waals surface area contributed by atoms with Crippen LogP contribution in [0.1, 0.15) is 25.2 Å². The van der Waals surface area contributed by atoms with Gasteiger partial charge in [0.15, 0.2) is 0 Å². The number of carbonyl (C=O) groups is 1. The number of aromatic nitrogens is 3. The van der Waals surface area contributed by atoms with E-state index in [2.05, 4.69) is 15.1 Å². The number of likely N-dealkylation sites (tertiary alicyclic amines) is 1. The van der Waals surface area contributed by atoms with Crippen LogP contribution in [-0.4, -0.2) is 39.0 Å². The van der Waals surface area contributed by atoms with E-state index in [1.165, 1.54) is 0 Å². The molecule has 2 aromatic rings. The SMILES string of the molecule is CCC(=O)N1CC(c2nc(-c3ccncc3)no2)C1. The zero-order valence-corrected chi connectivity index (χ0v) is 10.6. The maximum Gasteiger partial charge on any atom is 0.233 e. The average Bonchev–Trinajstić information content (AvgIpc) is 2.87. The monoisotopic (exact) mass is 258 g/mol. The number of carbonyl (C=O) groups excluding carboxylic acids is 1. The normalized spacial score (nSPS) is 15.3. The van der Waals surface area contributed by atoms with Crippen LogP contribution in [0, 0.1) is 0 Å². The Morgan fingerprint density at radius 3 is 2.84 bits per heavy atom. The van der Waals surface area contributed by atoms with Crippen LogP contribution in [0.15, 0.2) is 29.0 Å². The first-order valence-electron chi connectivity index (χ1n) is 6.29. The first-order valence-corrected chi connectivity index (χ1v) is 6.29. The summed E-state index contributed by atoms with van der Waals surface area (Å²) in [5.74, 6) is 1.51. The van der Waals surface area contributed by atoms with Crippen molar-refractivity contribution in [2.24, 2.45) is 0 Å². The zero-order chi connectivity index (χ0) is 13.2. The van der Waals surface area contributed by atoms with Crippen molar-refractivity contribution in [3.05, 3.63) is 30.4 Å². The molecule has 1 aliphatic rings. The summed E-state index contributed by atoms with van der Waals surface area (Å²) in [5.41, 5.74) is 0.880. The standard InChI is InChI=1S/C13H14N4O2/c1-2-11(18)17-7-10(8-17)13-15-12(16-19-13)9-3-5-14-6-4-9/h3-6,10H,2,7-8H2,1H3. The van der Waals surface area contributed by atoms with E-state index in [0.717, 1.165) is 5.56 Å². The number of pyridine rings is 1. The maximum atomic E-state index is 11.4. The lowest BCUT2D eigenvalue weighted by atomic mass is 10.00. The minimum absolute atomic E-state index is 0.165. The van der Waals surface area contributed by atoms with Crippen LogP contribution in [0.25, 0.3) is 11.4 Å². The summed E-state index contributed by atoms with van der Waals surface area (Å²) in [4.78, 5) is 21.6. The summed E-state index contributed by atoms with van der Waals surface area (Å²) in [5, 5.41) is 3.96. The maximum absolute atomic E-state index is 11.4. The molecule has 0 atom stereocenters. The summed E-state index contributed by atoms with van der Waals surface area (Å²) in [6, 6.07) is 3.67. The molecule has 2 aromatic heterocycles. The Morgan fingerprint density at radius 2 is 2.16 bits per heavy atom. The van der Waals surface area contributed by atoms with Gasteiger partial charge in [0.2, 0.25) is 17.6 Å². The van der Waals surface area contributed by atoms with Crippen molar-refractivity contribution in [1.29, 1.82) is 0 Å². The van der Waals surface area contributed by atoms with Gasteiger partial charge in [-0.25, -0.2) is 0 Å². The van der Waals surface area contributed by atoms with Crippen LogP contribution in [0.2, 0.25) is 0 Å². The van der Waals surface area contributed by atoms with Gasteiger partial charge in [0, 0.05) is 37.5 Å². The third-order valence-electron chi connectivity index (χ3n) is 3.27. The molecule has 0 spiro atoms. The van der Waals surface area contributed by atoms with E-state index in [0.29, 0.717) is 31.2 Å². The summed E-state index contributed by atoms with van der Waals surface area (Å²) < 4.78 is 5.27. The highest BCUT2D eigenvalue weighted by atomic mass is 16.5. The molecular weight excluding hydrogens is 244 g/mol. The van der Waals surface area contributed by atoms with Crippen molar-refractivity contribution >= 4 is 5.91 Å². The van der Waals surface area contributed by atoms with Gasteiger partial charge in [0.25, 0.3) is 0 Å². The van der Waals surface area contributed by atoms with Crippen molar-refractivity contribution in [2.45, 2.75) is 19.3 Å². The Morgan fingerprint density at radius 1 is 1.42 bits per heavy atom. The molecule has 0 N–H and O–H groups in total. The third kappa shape index (κ3) is 2.21. The van der Waals surface area contributed by atoms with Gasteiger partial charge in [-0.05, 0) is 12.1 Å². The fourth-order valence-electron chi connectivity index (χ4n) is 2.08. The highest BCUT2D eigenvalue weighted by Gasteiger charge is 2.34. The summed E-state index contributed by atoms with van der Waals surface area (Å²) >= 11 is 0. The lowest BCUT2D eigenvalue weighted by Gasteiger charge is -2.36. The van der Waals surface area contributed by atoms with E-state index in [4.69, 9.17) is 4.52 Å². The molecule has 1 amide bonds. The Hall–Kier alpha value is -2.24. The molecule has 98 valence electrons. The van der Waals surface area contributed by atoms with Crippen molar-refractivity contribution in [2.75, 3.05) is 13.1 Å². The van der Waals surface area contributed by atoms with E-state index in [1.807, 2.05) is 19.1 Å². The molecular formula is C13H14N4O2. The van der Waals surface area contributed by atoms with Crippen LogP contribution >= 0.6 is 0 Å². The fraction of sp³-hybridized carbons (Fsp3) is 0.385. The highest BCUT2D eigenvalue weighted by molar-refractivity contribution is 5.76. The van der Waals surface area contributed by atoms with Crippen LogP contribution in [0.3, 0.4) is 0 Å². The van der Waals surface area contributed by atoms with Crippen molar-refractivity contribution in [3.8, 4) is 11.4 Å². The molecule has 3 heterocycles. The number of nitrogens with zero attached hydrogens (tertiary/aromatic N) is 4. The molecule has 0 bridgehead atoms. The lowest BCUT2D eigenvalue weighted by Crippen LogP contribution is -2.48. The van der Waals surface area contributed by atoms with Crippen LogP contribution in [0.5, 0.6) is 0 Å². The minimum atomic E-state index is 0.165. The number of rotatable bonds is 3. The molecule has 1 fully saturated rings. The molecule has 3 rings (SSSR count). The molecule has 0 aromatic carbocycles. The second kappa shape index (κ2) is 4.79. The molecule has 19 heavy (non-hydrogen) atoms. The fourth-order valence-corrected chi connectivity index (χ4v) is 2.08. The highest BCUT2D eigenvalue weighted by Crippen LogP contribution is 2.27.